The zero-order valence-corrected chi connectivity index (χ0v) is 10.3. The van der Waals surface area contributed by atoms with Gasteiger partial charge in [0.2, 0.25) is 0 Å². The maximum absolute atomic E-state index is 5.95. The van der Waals surface area contributed by atoms with Crippen molar-refractivity contribution in [3.05, 3.63) is 16.5 Å². The molecule has 3 nitrogen and oxygen atoms in total. The first-order chi connectivity index (χ1) is 7.26. The zero-order chi connectivity index (χ0) is 10.8. The van der Waals surface area contributed by atoms with Crippen LogP contribution in [0.4, 0.5) is 0 Å². The molecule has 15 heavy (non-hydrogen) atoms. The second-order valence-corrected chi connectivity index (χ2v) is 4.75. The number of hydrogen-bond donors (Lipinski definition) is 0. The first kappa shape index (κ1) is 10.8. The summed E-state index contributed by atoms with van der Waals surface area (Å²) in [5.41, 5.74) is 0.742. The lowest BCUT2D eigenvalue weighted by Crippen LogP contribution is -1.93. The van der Waals surface area contributed by atoms with E-state index in [9.17, 15) is 0 Å². The third-order valence-corrected chi connectivity index (χ3v) is 3.90. The van der Waals surface area contributed by atoms with Gasteiger partial charge in [0, 0.05) is 5.92 Å². The smallest absolute Gasteiger partial charge is 0.159 e. The average Bonchev–Trinajstić information content (AvgIpc) is 2.65. The van der Waals surface area contributed by atoms with E-state index in [-0.39, 0.29) is 0 Å². The van der Waals surface area contributed by atoms with E-state index in [1.807, 2.05) is 0 Å². The minimum Gasteiger partial charge on any atom is -0.236 e. The minimum absolute atomic E-state index is 0.452. The maximum atomic E-state index is 5.95. The van der Waals surface area contributed by atoms with Crippen LogP contribution in [0.2, 0.25) is 5.15 Å². The Labute approximate surface area is 97.5 Å². The van der Waals surface area contributed by atoms with Gasteiger partial charge in [-0.05, 0) is 12.8 Å². The molecule has 0 unspecified atom stereocenters. The Morgan fingerprint density at radius 2 is 2.07 bits per heavy atom. The third kappa shape index (κ3) is 1.96. The highest BCUT2D eigenvalue weighted by Gasteiger charge is 2.15. The summed E-state index contributed by atoms with van der Waals surface area (Å²) in [4.78, 5) is 13.5. The van der Waals surface area contributed by atoms with Crippen LogP contribution in [-0.4, -0.2) is 15.0 Å². The Hall–Kier alpha value is -0.740. The van der Waals surface area contributed by atoms with Crippen LogP contribution >= 0.6 is 22.9 Å². The Morgan fingerprint density at radius 1 is 1.33 bits per heavy atom. The van der Waals surface area contributed by atoms with Crippen molar-refractivity contribution in [3.63, 3.8) is 0 Å². The van der Waals surface area contributed by atoms with Crippen molar-refractivity contribution in [2.45, 2.75) is 32.6 Å². The van der Waals surface area contributed by atoms with E-state index in [0.717, 1.165) is 28.2 Å². The number of thiazole rings is 1. The van der Waals surface area contributed by atoms with E-state index < -0.39 is 0 Å². The van der Waals surface area contributed by atoms with Gasteiger partial charge in [0.25, 0.3) is 0 Å². The molecule has 5 heteroatoms. The van der Waals surface area contributed by atoms with Crippen molar-refractivity contribution in [2.24, 2.45) is 0 Å². The predicted octanol–water partition coefficient (Wildman–Crippen LogP) is 3.64. The molecular formula is C10H12ClN3S. The van der Waals surface area contributed by atoms with Crippen LogP contribution < -0.4 is 0 Å². The van der Waals surface area contributed by atoms with E-state index in [2.05, 4.69) is 28.8 Å². The summed E-state index contributed by atoms with van der Waals surface area (Å²) < 4.78 is 0. The predicted molar refractivity (Wildman–Crippen MR) is 63.5 cm³/mol. The lowest BCUT2D eigenvalue weighted by molar-refractivity contribution is 0.639. The van der Waals surface area contributed by atoms with E-state index in [1.54, 1.807) is 11.3 Å². The van der Waals surface area contributed by atoms with Crippen LogP contribution in [0.15, 0.2) is 6.33 Å². The molecule has 0 aliphatic carbocycles. The molecule has 2 aromatic heterocycles. The second kappa shape index (κ2) is 4.41. The molecule has 2 rings (SSSR count). The maximum Gasteiger partial charge on any atom is 0.159 e. The second-order valence-electron chi connectivity index (χ2n) is 3.38. The number of hydrogen-bond acceptors (Lipinski definition) is 4. The Kier molecular flexibility index (Phi) is 3.17. The van der Waals surface area contributed by atoms with Crippen LogP contribution in [0, 0.1) is 0 Å². The molecule has 0 N–H and O–H groups in total. The minimum atomic E-state index is 0.452. The molecule has 0 aromatic carbocycles. The SMILES string of the molecule is CCC(CC)c1nc2c(Cl)ncnc2s1. The number of nitrogens with zero attached hydrogens (tertiary/aromatic N) is 3. The normalized spacial score (nSPS) is 11.5. The molecule has 0 aliphatic rings. The molecule has 0 saturated carbocycles. The summed E-state index contributed by atoms with van der Waals surface area (Å²) in [5.74, 6) is 0.514. The molecule has 0 aliphatic heterocycles. The van der Waals surface area contributed by atoms with Gasteiger partial charge in [-0.15, -0.1) is 0 Å². The first-order valence-electron chi connectivity index (χ1n) is 5.03. The van der Waals surface area contributed by atoms with Crippen LogP contribution in [0.25, 0.3) is 10.3 Å². The lowest BCUT2D eigenvalue weighted by Gasteiger charge is -2.06. The Morgan fingerprint density at radius 3 is 2.67 bits per heavy atom. The standard InChI is InChI=1S/C10H12ClN3S/c1-3-6(4-2)9-14-7-8(11)12-5-13-10(7)15-9/h5-6H,3-4H2,1-2H3. The number of aromatic nitrogens is 3. The first-order valence-corrected chi connectivity index (χ1v) is 6.22. The van der Waals surface area contributed by atoms with Crippen LogP contribution in [0.1, 0.15) is 37.6 Å². The molecule has 0 bridgehead atoms. The van der Waals surface area contributed by atoms with Crippen LogP contribution in [0.3, 0.4) is 0 Å². The van der Waals surface area contributed by atoms with Gasteiger partial charge in [0.05, 0.1) is 5.01 Å². The highest BCUT2D eigenvalue weighted by molar-refractivity contribution is 7.18. The van der Waals surface area contributed by atoms with Crippen molar-refractivity contribution in [1.29, 1.82) is 0 Å². The van der Waals surface area contributed by atoms with Gasteiger partial charge < -0.3 is 0 Å². The molecule has 2 heterocycles. The summed E-state index contributed by atoms with van der Waals surface area (Å²) in [6, 6.07) is 0. The van der Waals surface area contributed by atoms with Crippen LogP contribution in [-0.2, 0) is 0 Å². The molecule has 2 aromatic rings. The third-order valence-electron chi connectivity index (χ3n) is 2.50. The van der Waals surface area contributed by atoms with E-state index in [0.29, 0.717) is 11.1 Å². The van der Waals surface area contributed by atoms with Gasteiger partial charge in [-0.25, -0.2) is 15.0 Å². The van der Waals surface area contributed by atoms with Crippen molar-refractivity contribution in [3.8, 4) is 0 Å². The topological polar surface area (TPSA) is 38.7 Å². The Balaban J connectivity index is 2.51. The molecule has 0 atom stereocenters. The van der Waals surface area contributed by atoms with Crippen molar-refractivity contribution >= 4 is 33.3 Å². The summed E-state index contributed by atoms with van der Waals surface area (Å²) >= 11 is 7.58. The van der Waals surface area contributed by atoms with Gasteiger partial charge in [-0.1, -0.05) is 36.8 Å². The fourth-order valence-electron chi connectivity index (χ4n) is 1.56. The van der Waals surface area contributed by atoms with Gasteiger partial charge in [0.1, 0.15) is 16.7 Å². The molecule has 0 spiro atoms. The number of fused-ring (bicyclic) bond motifs is 1. The average molecular weight is 242 g/mol. The molecule has 80 valence electrons. The fourth-order valence-corrected chi connectivity index (χ4v) is 2.96. The summed E-state index contributed by atoms with van der Waals surface area (Å²) in [7, 11) is 0. The van der Waals surface area contributed by atoms with Gasteiger partial charge >= 0.3 is 0 Å². The lowest BCUT2D eigenvalue weighted by atomic mass is 10.1. The largest absolute Gasteiger partial charge is 0.236 e. The summed E-state index contributed by atoms with van der Waals surface area (Å²) in [6.45, 7) is 4.35. The Bertz CT molecular complexity index is 465. The molecule has 0 fully saturated rings. The molecule has 0 amide bonds. The van der Waals surface area contributed by atoms with Crippen molar-refractivity contribution in [2.75, 3.05) is 0 Å². The molecule has 0 radical (unpaired) electrons. The van der Waals surface area contributed by atoms with Crippen LogP contribution in [0.5, 0.6) is 0 Å². The van der Waals surface area contributed by atoms with Gasteiger partial charge in [-0.2, -0.15) is 0 Å². The highest BCUT2D eigenvalue weighted by Crippen LogP contribution is 2.31. The highest BCUT2D eigenvalue weighted by atomic mass is 35.5. The monoisotopic (exact) mass is 241 g/mol. The number of halogens is 1. The number of rotatable bonds is 3. The fraction of sp³-hybridized carbons (Fsp3) is 0.500. The summed E-state index contributed by atoms with van der Waals surface area (Å²) in [5, 5.41) is 1.57. The van der Waals surface area contributed by atoms with E-state index >= 15 is 0 Å². The van der Waals surface area contributed by atoms with Gasteiger partial charge in [0.15, 0.2) is 5.15 Å². The van der Waals surface area contributed by atoms with Gasteiger partial charge in [-0.3, -0.25) is 0 Å². The zero-order valence-electron chi connectivity index (χ0n) is 8.70. The van der Waals surface area contributed by atoms with E-state index in [1.165, 1.54) is 6.33 Å². The summed E-state index contributed by atoms with van der Waals surface area (Å²) in [6.07, 6.45) is 3.68. The van der Waals surface area contributed by atoms with Crippen molar-refractivity contribution < 1.29 is 0 Å². The quantitative estimate of drug-likeness (QED) is 0.770. The van der Waals surface area contributed by atoms with Crippen molar-refractivity contribution in [1.82, 2.24) is 15.0 Å². The molecule has 0 saturated heterocycles. The van der Waals surface area contributed by atoms with E-state index in [4.69, 9.17) is 11.6 Å². The molecular weight excluding hydrogens is 230 g/mol.